The number of nitrogens with one attached hydrogen (secondary N) is 3. The van der Waals surface area contributed by atoms with Gasteiger partial charge in [-0.3, -0.25) is 9.59 Å². The number of para-hydroxylation sites is 2. The highest BCUT2D eigenvalue weighted by Crippen LogP contribution is 2.26. The Bertz CT molecular complexity index is 796. The zero-order chi connectivity index (χ0) is 19.6. The Morgan fingerprint density at radius 3 is 2.52 bits per heavy atom. The van der Waals surface area contributed by atoms with Crippen LogP contribution >= 0.6 is 11.6 Å². The fraction of sp³-hybridized carbons (Fsp3) is 0.300. The van der Waals surface area contributed by atoms with Gasteiger partial charge in [0.25, 0.3) is 0 Å². The third-order valence-corrected chi connectivity index (χ3v) is 3.96. The minimum absolute atomic E-state index is 0.0485. The third kappa shape index (κ3) is 6.49. The lowest BCUT2D eigenvalue weighted by atomic mass is 10.2. The molecule has 7 heteroatoms. The van der Waals surface area contributed by atoms with Gasteiger partial charge in [-0.15, -0.1) is 0 Å². The summed E-state index contributed by atoms with van der Waals surface area (Å²) in [6.07, 6.45) is 1.20. The normalized spacial score (nSPS) is 10.2. The largest absolute Gasteiger partial charge is 0.492 e. The van der Waals surface area contributed by atoms with E-state index in [2.05, 4.69) is 16.0 Å². The van der Waals surface area contributed by atoms with Crippen LogP contribution in [0, 0.1) is 0 Å². The van der Waals surface area contributed by atoms with E-state index < -0.39 is 0 Å². The second-order valence-corrected chi connectivity index (χ2v) is 6.23. The second kappa shape index (κ2) is 10.4. The highest BCUT2D eigenvalue weighted by molar-refractivity contribution is 6.33. The number of hydrogen-bond acceptors (Lipinski definition) is 4. The fourth-order valence-corrected chi connectivity index (χ4v) is 2.58. The first kappa shape index (κ1) is 20.6. The van der Waals surface area contributed by atoms with Crippen molar-refractivity contribution in [3.63, 3.8) is 0 Å². The minimum Gasteiger partial charge on any atom is -0.492 e. The summed E-state index contributed by atoms with van der Waals surface area (Å²) in [5, 5.41) is 8.98. The molecule has 3 N–H and O–H groups in total. The Morgan fingerprint density at radius 2 is 1.78 bits per heavy atom. The van der Waals surface area contributed by atoms with E-state index in [9.17, 15) is 9.59 Å². The quantitative estimate of drug-likeness (QED) is 0.588. The lowest BCUT2D eigenvalue weighted by Gasteiger charge is -2.13. The molecule has 0 radical (unpaired) electrons. The van der Waals surface area contributed by atoms with E-state index in [0.717, 1.165) is 12.1 Å². The fourth-order valence-electron chi connectivity index (χ4n) is 2.41. The summed E-state index contributed by atoms with van der Waals surface area (Å²) < 4.78 is 5.52. The molecule has 144 valence electrons. The summed E-state index contributed by atoms with van der Waals surface area (Å²) in [6, 6.07) is 12.4. The Hall–Kier alpha value is -2.73. The Kier molecular flexibility index (Phi) is 7.95. The molecule has 0 bridgehead atoms. The maximum Gasteiger partial charge on any atom is 0.243 e. The second-order valence-electron chi connectivity index (χ2n) is 5.82. The molecule has 0 saturated heterocycles. The molecule has 2 aromatic carbocycles. The lowest BCUT2D eigenvalue weighted by Crippen LogP contribution is -2.22. The van der Waals surface area contributed by atoms with Crippen molar-refractivity contribution in [2.24, 2.45) is 0 Å². The molecule has 2 amide bonds. The van der Waals surface area contributed by atoms with E-state index in [1.807, 2.05) is 38.1 Å². The summed E-state index contributed by atoms with van der Waals surface area (Å²) in [6.45, 7) is 4.42. The number of carbonyl (C=O) groups excluding carboxylic acids is 2. The summed E-state index contributed by atoms with van der Waals surface area (Å²) in [4.78, 5) is 24.0. The topological polar surface area (TPSA) is 79.5 Å². The molecule has 2 rings (SSSR count). The van der Waals surface area contributed by atoms with Crippen LogP contribution in [0.5, 0.6) is 5.75 Å². The highest BCUT2D eigenvalue weighted by atomic mass is 35.5. The molecule has 27 heavy (non-hydrogen) atoms. The molecule has 0 aromatic heterocycles. The van der Waals surface area contributed by atoms with E-state index in [1.165, 1.54) is 0 Å². The molecule has 0 saturated carbocycles. The zero-order valence-corrected chi connectivity index (χ0v) is 16.2. The average Bonchev–Trinajstić information content (AvgIpc) is 2.64. The van der Waals surface area contributed by atoms with Gasteiger partial charge in [-0.05, 0) is 43.7 Å². The van der Waals surface area contributed by atoms with Gasteiger partial charge in [-0.2, -0.15) is 0 Å². The van der Waals surface area contributed by atoms with Gasteiger partial charge in [0.05, 0.1) is 29.5 Å². The minimum atomic E-state index is -0.264. The highest BCUT2D eigenvalue weighted by Gasteiger charge is 2.10. The predicted molar refractivity (Wildman–Crippen MR) is 110 cm³/mol. The van der Waals surface area contributed by atoms with Crippen molar-refractivity contribution in [1.29, 1.82) is 0 Å². The Balaban J connectivity index is 1.98. The molecule has 0 heterocycles. The van der Waals surface area contributed by atoms with E-state index in [4.69, 9.17) is 16.3 Å². The van der Waals surface area contributed by atoms with Crippen molar-refractivity contribution in [1.82, 2.24) is 0 Å². The lowest BCUT2D eigenvalue weighted by molar-refractivity contribution is -0.116. The van der Waals surface area contributed by atoms with Crippen LogP contribution in [-0.2, 0) is 9.59 Å². The van der Waals surface area contributed by atoms with Gasteiger partial charge in [0.2, 0.25) is 11.8 Å². The molecular formula is C20H24ClN3O3. The molecule has 2 aromatic rings. The molecule has 0 aliphatic rings. The Morgan fingerprint density at radius 1 is 1.00 bits per heavy atom. The summed E-state index contributed by atoms with van der Waals surface area (Å²) >= 11 is 6.15. The van der Waals surface area contributed by atoms with Crippen LogP contribution < -0.4 is 20.7 Å². The number of hydrogen-bond donors (Lipinski definition) is 3. The van der Waals surface area contributed by atoms with E-state index in [-0.39, 0.29) is 18.4 Å². The molecule has 0 spiro atoms. The van der Waals surface area contributed by atoms with Gasteiger partial charge in [-0.25, -0.2) is 0 Å². The van der Waals surface area contributed by atoms with Gasteiger partial charge in [0.15, 0.2) is 0 Å². The average molecular weight is 390 g/mol. The molecule has 0 unspecified atom stereocenters. The summed E-state index contributed by atoms with van der Waals surface area (Å²) in [5.74, 6) is 0.345. The molecule has 0 fully saturated rings. The van der Waals surface area contributed by atoms with Crippen LogP contribution in [0.4, 0.5) is 17.1 Å². The van der Waals surface area contributed by atoms with Gasteiger partial charge >= 0.3 is 0 Å². The summed E-state index contributed by atoms with van der Waals surface area (Å²) in [5.41, 5.74) is 1.76. The molecule has 0 atom stereocenters. The van der Waals surface area contributed by atoms with Crippen molar-refractivity contribution >= 4 is 40.5 Å². The van der Waals surface area contributed by atoms with Crippen LogP contribution in [0.25, 0.3) is 0 Å². The number of amides is 2. The number of carbonyl (C=O) groups is 2. The van der Waals surface area contributed by atoms with Crippen LogP contribution in [-0.4, -0.2) is 25.0 Å². The SMILES string of the molecule is CCCC(=O)Nc1ccc(Cl)c(NC(=O)CNc2ccccc2OCC)c1. The van der Waals surface area contributed by atoms with Gasteiger partial charge < -0.3 is 20.7 Å². The van der Waals surface area contributed by atoms with Crippen molar-refractivity contribution in [3.8, 4) is 5.75 Å². The smallest absolute Gasteiger partial charge is 0.243 e. The maximum absolute atomic E-state index is 12.3. The molecule has 0 aliphatic carbocycles. The van der Waals surface area contributed by atoms with Crippen molar-refractivity contribution < 1.29 is 14.3 Å². The van der Waals surface area contributed by atoms with Crippen molar-refractivity contribution in [2.75, 3.05) is 29.1 Å². The predicted octanol–water partition coefficient (Wildman–Crippen LogP) is 4.53. The number of benzene rings is 2. The van der Waals surface area contributed by atoms with E-state index in [1.54, 1.807) is 18.2 Å². The molecular weight excluding hydrogens is 366 g/mol. The first-order chi connectivity index (χ1) is 13.0. The standard InChI is InChI=1S/C20H24ClN3O3/c1-3-7-19(25)23-14-10-11-15(21)17(12-14)24-20(26)13-22-16-8-5-6-9-18(16)27-4-2/h5-6,8-12,22H,3-4,7,13H2,1-2H3,(H,23,25)(H,24,26). The van der Waals surface area contributed by atoms with Crippen molar-refractivity contribution in [3.05, 3.63) is 47.5 Å². The van der Waals surface area contributed by atoms with Crippen LogP contribution in [0.2, 0.25) is 5.02 Å². The third-order valence-electron chi connectivity index (χ3n) is 3.63. The first-order valence-electron chi connectivity index (χ1n) is 8.88. The van der Waals surface area contributed by atoms with Gasteiger partial charge in [0, 0.05) is 12.1 Å². The Labute approximate surface area is 164 Å². The molecule has 0 aliphatic heterocycles. The van der Waals surface area contributed by atoms with Crippen LogP contribution in [0.1, 0.15) is 26.7 Å². The molecule has 6 nitrogen and oxygen atoms in total. The van der Waals surface area contributed by atoms with Gasteiger partial charge in [-0.1, -0.05) is 30.7 Å². The monoisotopic (exact) mass is 389 g/mol. The number of ether oxygens (including phenoxy) is 1. The zero-order valence-electron chi connectivity index (χ0n) is 15.5. The van der Waals surface area contributed by atoms with E-state index >= 15 is 0 Å². The number of anilines is 3. The van der Waals surface area contributed by atoms with Crippen LogP contribution in [0.3, 0.4) is 0 Å². The number of rotatable bonds is 9. The maximum atomic E-state index is 12.3. The van der Waals surface area contributed by atoms with Gasteiger partial charge in [0.1, 0.15) is 5.75 Å². The van der Waals surface area contributed by atoms with Crippen molar-refractivity contribution in [2.45, 2.75) is 26.7 Å². The van der Waals surface area contributed by atoms with Crippen LogP contribution in [0.15, 0.2) is 42.5 Å². The first-order valence-corrected chi connectivity index (χ1v) is 9.26. The summed E-state index contributed by atoms with van der Waals surface area (Å²) in [7, 11) is 0. The number of halogens is 1. The van der Waals surface area contributed by atoms with E-state index in [0.29, 0.717) is 35.2 Å².